The molecule has 2 atom stereocenters. The molecule has 0 spiro atoms. The van der Waals surface area contributed by atoms with Crippen LogP contribution in [-0.4, -0.2) is 9.97 Å². The second-order valence-corrected chi connectivity index (χ2v) is 3.98. The number of nitrogens with two attached hydrogens (primary N) is 1. The maximum atomic E-state index is 6.39. The van der Waals surface area contributed by atoms with Crippen molar-refractivity contribution in [2.24, 2.45) is 11.7 Å². The van der Waals surface area contributed by atoms with Crippen LogP contribution in [0.5, 0.6) is 0 Å². The molecule has 72 valence electrons. The molecule has 1 aliphatic carbocycles. The van der Waals surface area contributed by atoms with Gasteiger partial charge in [-0.05, 0) is 18.8 Å². The number of hydrogen-bond donors (Lipinski definition) is 2. The molecule has 13 heavy (non-hydrogen) atoms. The topological polar surface area (TPSA) is 54.7 Å². The number of aromatic nitrogens is 2. The molecule has 3 heteroatoms. The van der Waals surface area contributed by atoms with Crippen molar-refractivity contribution in [3.8, 4) is 0 Å². The number of hydrogen-bond acceptors (Lipinski definition) is 2. The number of aromatic amines is 1. The van der Waals surface area contributed by atoms with Crippen LogP contribution < -0.4 is 5.73 Å². The minimum absolute atomic E-state index is 0.182. The van der Waals surface area contributed by atoms with Crippen LogP contribution in [0, 0.1) is 5.92 Å². The Balaban J connectivity index is 2.29. The summed E-state index contributed by atoms with van der Waals surface area (Å²) in [6.45, 7) is 2.21. The van der Waals surface area contributed by atoms with Crippen molar-refractivity contribution in [3.05, 3.63) is 18.2 Å². The molecule has 3 nitrogen and oxygen atoms in total. The van der Waals surface area contributed by atoms with Gasteiger partial charge in [0, 0.05) is 12.4 Å². The van der Waals surface area contributed by atoms with Gasteiger partial charge in [0.1, 0.15) is 5.82 Å². The Hall–Kier alpha value is -0.830. The Morgan fingerprint density at radius 1 is 1.77 bits per heavy atom. The maximum absolute atomic E-state index is 6.39. The van der Waals surface area contributed by atoms with E-state index in [9.17, 15) is 0 Å². The van der Waals surface area contributed by atoms with Crippen LogP contribution in [0.2, 0.25) is 0 Å². The summed E-state index contributed by atoms with van der Waals surface area (Å²) in [4.78, 5) is 7.44. The van der Waals surface area contributed by atoms with Crippen LogP contribution in [0.15, 0.2) is 12.4 Å². The normalized spacial score (nSPS) is 33.8. The van der Waals surface area contributed by atoms with Crippen LogP contribution in [0.4, 0.5) is 0 Å². The minimum Gasteiger partial charge on any atom is -0.347 e. The third kappa shape index (κ3) is 1.27. The highest BCUT2D eigenvalue weighted by atomic mass is 15.0. The zero-order chi connectivity index (χ0) is 9.31. The molecule has 3 N–H and O–H groups in total. The van der Waals surface area contributed by atoms with E-state index in [1.165, 1.54) is 12.8 Å². The van der Waals surface area contributed by atoms with Gasteiger partial charge in [-0.3, -0.25) is 0 Å². The van der Waals surface area contributed by atoms with E-state index in [1.807, 2.05) is 6.20 Å². The third-order valence-electron chi connectivity index (χ3n) is 3.30. The fourth-order valence-electron chi connectivity index (χ4n) is 2.50. The van der Waals surface area contributed by atoms with Crippen molar-refractivity contribution in [1.82, 2.24) is 9.97 Å². The summed E-state index contributed by atoms with van der Waals surface area (Å²) in [5.41, 5.74) is 6.20. The fourth-order valence-corrected chi connectivity index (χ4v) is 2.50. The molecule has 0 amide bonds. The van der Waals surface area contributed by atoms with Gasteiger partial charge in [-0.2, -0.15) is 0 Å². The Labute approximate surface area is 78.7 Å². The number of nitrogens with zero attached hydrogens (tertiary/aromatic N) is 1. The molecular formula is C10H17N3. The molecule has 0 saturated heterocycles. The Kier molecular flexibility index (Phi) is 2.12. The molecular weight excluding hydrogens is 162 g/mol. The molecule has 2 rings (SSSR count). The summed E-state index contributed by atoms with van der Waals surface area (Å²) in [5.74, 6) is 1.57. The number of rotatable bonds is 2. The van der Waals surface area contributed by atoms with Gasteiger partial charge in [0.15, 0.2) is 0 Å². The van der Waals surface area contributed by atoms with E-state index in [2.05, 4.69) is 16.9 Å². The number of imidazole rings is 1. The molecule has 0 radical (unpaired) electrons. The van der Waals surface area contributed by atoms with Crippen LogP contribution in [-0.2, 0) is 5.54 Å². The van der Waals surface area contributed by atoms with Crippen molar-refractivity contribution in [2.45, 2.75) is 38.1 Å². The van der Waals surface area contributed by atoms with E-state index >= 15 is 0 Å². The Bertz CT molecular complexity index is 268. The highest BCUT2D eigenvalue weighted by Crippen LogP contribution is 2.41. The first-order valence-electron chi connectivity index (χ1n) is 5.06. The van der Waals surface area contributed by atoms with Crippen molar-refractivity contribution in [2.75, 3.05) is 0 Å². The Morgan fingerprint density at radius 3 is 3.23 bits per heavy atom. The predicted octanol–water partition coefficient (Wildman–Crippen LogP) is 1.77. The summed E-state index contributed by atoms with van der Waals surface area (Å²) in [5, 5.41) is 0. The third-order valence-corrected chi connectivity index (χ3v) is 3.30. The zero-order valence-corrected chi connectivity index (χ0v) is 8.09. The summed E-state index contributed by atoms with van der Waals surface area (Å²) >= 11 is 0. The lowest BCUT2D eigenvalue weighted by Gasteiger charge is -2.28. The fraction of sp³-hybridized carbons (Fsp3) is 0.700. The quantitative estimate of drug-likeness (QED) is 0.727. The van der Waals surface area contributed by atoms with Crippen LogP contribution in [0.3, 0.4) is 0 Å². The summed E-state index contributed by atoms with van der Waals surface area (Å²) in [6, 6.07) is 0. The van der Waals surface area contributed by atoms with Gasteiger partial charge in [0.2, 0.25) is 0 Å². The molecule has 1 aliphatic rings. The van der Waals surface area contributed by atoms with E-state index in [-0.39, 0.29) is 5.54 Å². The minimum atomic E-state index is -0.182. The maximum Gasteiger partial charge on any atom is 0.126 e. The van der Waals surface area contributed by atoms with Crippen LogP contribution >= 0.6 is 0 Å². The number of nitrogens with one attached hydrogen (secondary N) is 1. The molecule has 0 bridgehead atoms. The van der Waals surface area contributed by atoms with Gasteiger partial charge in [0.05, 0.1) is 5.54 Å². The molecule has 1 heterocycles. The van der Waals surface area contributed by atoms with Crippen molar-refractivity contribution < 1.29 is 0 Å². The predicted molar refractivity (Wildman–Crippen MR) is 52.1 cm³/mol. The Morgan fingerprint density at radius 2 is 2.62 bits per heavy atom. The molecule has 1 saturated carbocycles. The highest BCUT2D eigenvalue weighted by molar-refractivity contribution is 5.10. The molecule has 1 aromatic heterocycles. The zero-order valence-electron chi connectivity index (χ0n) is 8.09. The van der Waals surface area contributed by atoms with Gasteiger partial charge in [-0.1, -0.05) is 19.8 Å². The van der Waals surface area contributed by atoms with E-state index in [1.54, 1.807) is 6.20 Å². The van der Waals surface area contributed by atoms with Gasteiger partial charge in [-0.25, -0.2) is 4.98 Å². The summed E-state index contributed by atoms with van der Waals surface area (Å²) in [7, 11) is 0. The first-order valence-corrected chi connectivity index (χ1v) is 5.06. The smallest absolute Gasteiger partial charge is 0.126 e. The summed E-state index contributed by atoms with van der Waals surface area (Å²) in [6.07, 6.45) is 8.34. The van der Waals surface area contributed by atoms with Crippen LogP contribution in [0.1, 0.15) is 38.4 Å². The average molecular weight is 179 g/mol. The average Bonchev–Trinajstić information content (AvgIpc) is 2.72. The van der Waals surface area contributed by atoms with Gasteiger partial charge < -0.3 is 10.7 Å². The lowest BCUT2D eigenvalue weighted by molar-refractivity contribution is 0.300. The highest BCUT2D eigenvalue weighted by Gasteiger charge is 2.41. The van der Waals surface area contributed by atoms with E-state index in [0.29, 0.717) is 5.92 Å². The second kappa shape index (κ2) is 3.14. The van der Waals surface area contributed by atoms with Crippen molar-refractivity contribution in [1.29, 1.82) is 0 Å². The first-order chi connectivity index (χ1) is 6.27. The lowest BCUT2D eigenvalue weighted by atomic mass is 9.85. The molecule has 1 aromatic rings. The van der Waals surface area contributed by atoms with E-state index < -0.39 is 0 Å². The number of H-pyrrole nitrogens is 1. The standard InChI is InChI=1S/C10H17N3/c1-2-8-4-3-5-10(8,11)9-12-6-7-13-9/h6-8H,2-5,11H2,1H3,(H,12,13)/t8-,10+/m0/s1. The van der Waals surface area contributed by atoms with Gasteiger partial charge >= 0.3 is 0 Å². The molecule has 0 aromatic carbocycles. The molecule has 0 unspecified atom stereocenters. The van der Waals surface area contributed by atoms with Gasteiger partial charge in [-0.15, -0.1) is 0 Å². The monoisotopic (exact) mass is 179 g/mol. The first kappa shape index (κ1) is 8.75. The summed E-state index contributed by atoms with van der Waals surface area (Å²) < 4.78 is 0. The van der Waals surface area contributed by atoms with E-state index in [4.69, 9.17) is 5.73 Å². The lowest BCUT2D eigenvalue weighted by Crippen LogP contribution is -2.41. The van der Waals surface area contributed by atoms with Crippen molar-refractivity contribution >= 4 is 0 Å². The van der Waals surface area contributed by atoms with Crippen molar-refractivity contribution in [3.63, 3.8) is 0 Å². The van der Waals surface area contributed by atoms with Crippen LogP contribution in [0.25, 0.3) is 0 Å². The second-order valence-electron chi connectivity index (χ2n) is 3.98. The molecule has 0 aliphatic heterocycles. The molecule has 1 fully saturated rings. The largest absolute Gasteiger partial charge is 0.347 e. The van der Waals surface area contributed by atoms with E-state index in [0.717, 1.165) is 18.7 Å². The SMILES string of the molecule is CC[C@H]1CCC[C@]1(N)c1ncc[nH]1. The van der Waals surface area contributed by atoms with Gasteiger partial charge in [0.25, 0.3) is 0 Å².